The lowest BCUT2D eigenvalue weighted by Gasteiger charge is -2.15. The first-order valence-electron chi connectivity index (χ1n) is 8.43. The van der Waals surface area contributed by atoms with E-state index in [0.717, 1.165) is 24.8 Å². The molecule has 2 nitrogen and oxygen atoms in total. The number of anilines is 1. The Morgan fingerprint density at radius 3 is 2.58 bits per heavy atom. The van der Waals surface area contributed by atoms with E-state index in [4.69, 9.17) is 5.73 Å². The van der Waals surface area contributed by atoms with Gasteiger partial charge in [0.15, 0.2) is 0 Å². The summed E-state index contributed by atoms with van der Waals surface area (Å²) in [5.41, 5.74) is 11.1. The number of nitrogen functional groups attached to an aromatic ring is 1. The second kappa shape index (κ2) is 6.25. The van der Waals surface area contributed by atoms with Crippen molar-refractivity contribution in [3.05, 3.63) is 59.5 Å². The van der Waals surface area contributed by atoms with E-state index in [0.29, 0.717) is 5.82 Å². The number of para-hydroxylation sites is 1. The number of unbranched alkanes of at least 4 members (excludes halogenated alkanes) is 1. The molecule has 120 valence electrons. The number of fused-ring (bicyclic) bond motifs is 2. The number of thiophene rings is 1. The van der Waals surface area contributed by atoms with Crippen molar-refractivity contribution in [2.75, 3.05) is 5.73 Å². The number of hydrogen-bond donors (Lipinski definition) is 1. The van der Waals surface area contributed by atoms with Gasteiger partial charge in [0.1, 0.15) is 5.82 Å². The fourth-order valence-corrected chi connectivity index (χ4v) is 4.31. The van der Waals surface area contributed by atoms with E-state index >= 15 is 0 Å². The van der Waals surface area contributed by atoms with Crippen LogP contribution in [0.1, 0.15) is 25.3 Å². The lowest BCUT2D eigenvalue weighted by atomic mass is 9.92. The minimum Gasteiger partial charge on any atom is -0.383 e. The van der Waals surface area contributed by atoms with Crippen molar-refractivity contribution >= 4 is 38.1 Å². The van der Waals surface area contributed by atoms with E-state index < -0.39 is 0 Å². The fraction of sp³-hybridized carbons (Fsp3) is 0.190. The van der Waals surface area contributed by atoms with E-state index in [1.54, 1.807) is 11.3 Å². The molecule has 2 N–H and O–H groups in total. The Morgan fingerprint density at radius 2 is 1.75 bits per heavy atom. The van der Waals surface area contributed by atoms with Gasteiger partial charge in [0.25, 0.3) is 0 Å². The summed E-state index contributed by atoms with van der Waals surface area (Å²) in [6, 6.07) is 16.9. The first kappa shape index (κ1) is 15.2. The van der Waals surface area contributed by atoms with Crippen LogP contribution in [0.3, 0.4) is 0 Å². The quantitative estimate of drug-likeness (QED) is 0.494. The molecule has 0 amide bonds. The predicted molar refractivity (Wildman–Crippen MR) is 106 cm³/mol. The number of nitrogens with zero attached hydrogens (tertiary/aromatic N) is 1. The number of nitrogens with two attached hydrogens (primary N) is 1. The van der Waals surface area contributed by atoms with Crippen LogP contribution in [0.15, 0.2) is 53.9 Å². The van der Waals surface area contributed by atoms with Crippen molar-refractivity contribution in [2.24, 2.45) is 0 Å². The summed E-state index contributed by atoms with van der Waals surface area (Å²) in [6.45, 7) is 2.21. The van der Waals surface area contributed by atoms with Gasteiger partial charge >= 0.3 is 0 Å². The van der Waals surface area contributed by atoms with Crippen molar-refractivity contribution in [1.82, 2.24) is 4.98 Å². The molecule has 2 heterocycles. The molecule has 3 heteroatoms. The van der Waals surface area contributed by atoms with Crippen LogP contribution in [0, 0.1) is 0 Å². The zero-order valence-corrected chi connectivity index (χ0v) is 14.6. The summed E-state index contributed by atoms with van der Waals surface area (Å²) in [7, 11) is 0. The van der Waals surface area contributed by atoms with E-state index in [1.807, 2.05) is 12.1 Å². The largest absolute Gasteiger partial charge is 0.383 e. The smallest absolute Gasteiger partial charge is 0.127 e. The summed E-state index contributed by atoms with van der Waals surface area (Å²) >= 11 is 1.79. The molecule has 2 aromatic heterocycles. The van der Waals surface area contributed by atoms with Gasteiger partial charge in [0.2, 0.25) is 0 Å². The lowest BCUT2D eigenvalue weighted by molar-refractivity contribution is 0.796. The third-order valence-electron chi connectivity index (χ3n) is 4.56. The van der Waals surface area contributed by atoms with E-state index in [9.17, 15) is 0 Å². The summed E-state index contributed by atoms with van der Waals surface area (Å²) < 4.78 is 1.31. The standard InChI is InChI=1S/C21H20N2S/c1-2-3-8-16-20(15-10-4-6-11-18(15)23-21(16)22)17-13-24-19-12-7-5-9-14(17)19/h4-7,9-13H,2-3,8H2,1H3,(H2,22,23). The number of benzene rings is 2. The van der Waals surface area contributed by atoms with Crippen molar-refractivity contribution in [3.63, 3.8) is 0 Å². The molecule has 2 aromatic carbocycles. The Labute approximate surface area is 146 Å². The first-order chi connectivity index (χ1) is 11.8. The Bertz CT molecular complexity index is 1020. The third kappa shape index (κ3) is 2.45. The van der Waals surface area contributed by atoms with Gasteiger partial charge in [-0.05, 0) is 35.9 Å². The van der Waals surface area contributed by atoms with Gasteiger partial charge < -0.3 is 5.73 Å². The van der Waals surface area contributed by atoms with Gasteiger partial charge in [-0.2, -0.15) is 0 Å². The highest BCUT2D eigenvalue weighted by atomic mass is 32.1. The molecule has 0 aliphatic rings. The van der Waals surface area contributed by atoms with Crippen LogP contribution in [0.25, 0.3) is 32.1 Å². The average Bonchev–Trinajstić information content (AvgIpc) is 3.03. The molecule has 0 radical (unpaired) electrons. The minimum absolute atomic E-state index is 0.674. The maximum Gasteiger partial charge on any atom is 0.127 e. The van der Waals surface area contributed by atoms with Crippen molar-refractivity contribution in [3.8, 4) is 11.1 Å². The molecule has 24 heavy (non-hydrogen) atoms. The second-order valence-corrected chi connectivity index (χ2v) is 7.03. The summed E-state index contributed by atoms with van der Waals surface area (Å²) in [5, 5.41) is 4.76. The third-order valence-corrected chi connectivity index (χ3v) is 5.52. The van der Waals surface area contributed by atoms with Crippen LogP contribution in [-0.4, -0.2) is 4.98 Å². The Balaban J connectivity index is 2.08. The molecule has 0 atom stereocenters. The van der Waals surface area contributed by atoms with Gasteiger partial charge in [-0.3, -0.25) is 0 Å². The SMILES string of the molecule is CCCCc1c(N)nc2ccccc2c1-c1csc2ccccc12. The summed E-state index contributed by atoms with van der Waals surface area (Å²) in [4.78, 5) is 4.66. The number of pyridine rings is 1. The summed E-state index contributed by atoms with van der Waals surface area (Å²) in [5.74, 6) is 0.674. The molecule has 0 saturated carbocycles. The number of aromatic nitrogens is 1. The average molecular weight is 332 g/mol. The first-order valence-corrected chi connectivity index (χ1v) is 9.31. The van der Waals surface area contributed by atoms with Crippen LogP contribution < -0.4 is 5.73 Å². The molecule has 4 aromatic rings. The maximum atomic E-state index is 6.37. The molecule has 0 aliphatic heterocycles. The molecule has 0 unspecified atom stereocenters. The van der Waals surface area contributed by atoms with Gasteiger partial charge in [-0.1, -0.05) is 49.7 Å². The molecule has 0 saturated heterocycles. The van der Waals surface area contributed by atoms with Crippen LogP contribution in [0.5, 0.6) is 0 Å². The highest BCUT2D eigenvalue weighted by Gasteiger charge is 2.17. The molecule has 0 fully saturated rings. The minimum atomic E-state index is 0.674. The Kier molecular flexibility index (Phi) is 3.95. The highest BCUT2D eigenvalue weighted by Crippen LogP contribution is 2.41. The maximum absolute atomic E-state index is 6.37. The van der Waals surface area contributed by atoms with Crippen molar-refractivity contribution in [1.29, 1.82) is 0 Å². The number of rotatable bonds is 4. The summed E-state index contributed by atoms with van der Waals surface area (Å²) in [6.07, 6.45) is 3.25. The molecule has 4 rings (SSSR count). The molecule has 0 aliphatic carbocycles. The Hall–Kier alpha value is -2.39. The molecule has 0 bridgehead atoms. The van der Waals surface area contributed by atoms with E-state index in [2.05, 4.69) is 53.7 Å². The van der Waals surface area contributed by atoms with Gasteiger partial charge in [0, 0.05) is 26.6 Å². The topological polar surface area (TPSA) is 38.9 Å². The monoisotopic (exact) mass is 332 g/mol. The van der Waals surface area contributed by atoms with Crippen molar-refractivity contribution in [2.45, 2.75) is 26.2 Å². The zero-order chi connectivity index (χ0) is 16.5. The van der Waals surface area contributed by atoms with Crippen LogP contribution in [0.4, 0.5) is 5.82 Å². The fourth-order valence-electron chi connectivity index (χ4n) is 3.36. The van der Waals surface area contributed by atoms with Crippen LogP contribution in [0.2, 0.25) is 0 Å². The number of hydrogen-bond acceptors (Lipinski definition) is 3. The molecule has 0 spiro atoms. The van der Waals surface area contributed by atoms with Gasteiger partial charge in [-0.15, -0.1) is 11.3 Å². The van der Waals surface area contributed by atoms with Crippen molar-refractivity contribution < 1.29 is 0 Å². The predicted octanol–water partition coefficient (Wildman–Crippen LogP) is 6.04. The molecular formula is C21H20N2S. The Morgan fingerprint density at radius 1 is 1.00 bits per heavy atom. The second-order valence-electron chi connectivity index (χ2n) is 6.12. The van der Waals surface area contributed by atoms with Crippen LogP contribution >= 0.6 is 11.3 Å². The van der Waals surface area contributed by atoms with E-state index in [-0.39, 0.29) is 0 Å². The normalized spacial score (nSPS) is 11.4. The molecular weight excluding hydrogens is 312 g/mol. The van der Waals surface area contributed by atoms with Gasteiger partial charge in [0.05, 0.1) is 5.52 Å². The van der Waals surface area contributed by atoms with Gasteiger partial charge in [-0.25, -0.2) is 4.98 Å². The lowest BCUT2D eigenvalue weighted by Crippen LogP contribution is -2.02. The zero-order valence-electron chi connectivity index (χ0n) is 13.8. The van der Waals surface area contributed by atoms with Crippen LogP contribution in [-0.2, 0) is 6.42 Å². The highest BCUT2D eigenvalue weighted by molar-refractivity contribution is 7.17. The van der Waals surface area contributed by atoms with E-state index in [1.165, 1.54) is 32.2 Å².